The highest BCUT2D eigenvalue weighted by atomic mass is 19.1. The van der Waals surface area contributed by atoms with Crippen molar-refractivity contribution in [3.05, 3.63) is 95.8 Å². The van der Waals surface area contributed by atoms with Crippen LogP contribution in [0, 0.1) is 19.7 Å². The number of amides is 1. The Hall–Kier alpha value is -4.46. The van der Waals surface area contributed by atoms with Gasteiger partial charge in [0.05, 0.1) is 11.3 Å². The predicted molar refractivity (Wildman–Crippen MR) is 123 cm³/mol. The Morgan fingerprint density at radius 1 is 1.00 bits per heavy atom. The second kappa shape index (κ2) is 8.23. The summed E-state index contributed by atoms with van der Waals surface area (Å²) in [5, 5.41) is 7.28. The van der Waals surface area contributed by atoms with Crippen molar-refractivity contribution in [3.63, 3.8) is 0 Å². The number of rotatable bonds is 4. The Morgan fingerprint density at radius 2 is 1.88 bits per heavy atom. The number of imidazole rings is 1. The average Bonchev–Trinajstić information content (AvgIpc) is 3.21. The summed E-state index contributed by atoms with van der Waals surface area (Å²) in [6, 6.07) is 13.9. The van der Waals surface area contributed by atoms with Crippen LogP contribution in [0.15, 0.2) is 73.3 Å². The molecule has 4 aromatic heterocycles. The normalized spacial score (nSPS) is 11.0. The van der Waals surface area contributed by atoms with Crippen molar-refractivity contribution >= 4 is 17.4 Å². The van der Waals surface area contributed by atoms with Crippen LogP contribution in [0.2, 0.25) is 0 Å². The maximum Gasteiger partial charge on any atom is 0.258 e. The number of benzene rings is 1. The Morgan fingerprint density at radius 3 is 2.70 bits per heavy atom. The monoisotopic (exact) mass is 438 g/mol. The van der Waals surface area contributed by atoms with E-state index in [2.05, 4.69) is 20.4 Å². The predicted octanol–water partition coefficient (Wildman–Crippen LogP) is 4.86. The van der Waals surface area contributed by atoms with E-state index >= 15 is 0 Å². The highest BCUT2D eigenvalue weighted by Crippen LogP contribution is 2.33. The van der Waals surface area contributed by atoms with Gasteiger partial charge in [0.25, 0.3) is 5.91 Å². The van der Waals surface area contributed by atoms with Crippen molar-refractivity contribution in [1.29, 1.82) is 0 Å². The van der Waals surface area contributed by atoms with Crippen molar-refractivity contribution in [2.75, 3.05) is 5.32 Å². The van der Waals surface area contributed by atoms with Gasteiger partial charge in [-0.2, -0.15) is 5.10 Å². The third kappa shape index (κ3) is 3.94. The van der Waals surface area contributed by atoms with Crippen LogP contribution < -0.4 is 5.32 Å². The van der Waals surface area contributed by atoms with Gasteiger partial charge in [0.1, 0.15) is 17.3 Å². The molecule has 8 heteroatoms. The van der Waals surface area contributed by atoms with Crippen LogP contribution in [0.1, 0.15) is 21.5 Å². The van der Waals surface area contributed by atoms with E-state index in [1.54, 1.807) is 60.4 Å². The molecule has 0 unspecified atom stereocenters. The minimum Gasteiger partial charge on any atom is -0.306 e. The van der Waals surface area contributed by atoms with Crippen molar-refractivity contribution in [2.24, 2.45) is 0 Å². The van der Waals surface area contributed by atoms with Crippen LogP contribution in [0.5, 0.6) is 0 Å². The van der Waals surface area contributed by atoms with E-state index in [0.717, 1.165) is 16.7 Å². The molecule has 0 radical (unpaired) electrons. The first kappa shape index (κ1) is 20.4. The summed E-state index contributed by atoms with van der Waals surface area (Å²) < 4.78 is 15.6. The Kier molecular flexibility index (Phi) is 5.10. The topological polar surface area (TPSA) is 85.1 Å². The van der Waals surface area contributed by atoms with E-state index in [-0.39, 0.29) is 11.7 Å². The molecule has 0 aliphatic rings. The molecule has 0 spiro atoms. The molecule has 1 N–H and O–H groups in total. The number of halogens is 1. The first-order valence-corrected chi connectivity index (χ1v) is 10.3. The number of carbonyl (C=O) groups is 1. The zero-order chi connectivity index (χ0) is 22.9. The van der Waals surface area contributed by atoms with Crippen LogP contribution in [0.3, 0.4) is 0 Å². The number of hydrogen-bond donors (Lipinski definition) is 1. The number of carbonyl (C=O) groups excluding carboxylic acids is 1. The molecular formula is C25H19FN6O. The summed E-state index contributed by atoms with van der Waals surface area (Å²) in [7, 11) is 0. The van der Waals surface area contributed by atoms with Crippen LogP contribution in [-0.4, -0.2) is 30.5 Å². The molecule has 0 atom stereocenters. The molecule has 33 heavy (non-hydrogen) atoms. The minimum atomic E-state index is -0.304. The molecule has 1 amide bonds. The number of nitrogens with zero attached hydrogens (tertiary/aromatic N) is 5. The maximum absolute atomic E-state index is 13.9. The molecule has 7 nitrogen and oxygen atoms in total. The molecule has 0 saturated carbocycles. The molecule has 0 fully saturated rings. The largest absolute Gasteiger partial charge is 0.306 e. The lowest BCUT2D eigenvalue weighted by atomic mass is 10.0. The molecule has 0 aliphatic carbocycles. The van der Waals surface area contributed by atoms with Gasteiger partial charge in [0, 0.05) is 35.9 Å². The molecular weight excluding hydrogens is 419 g/mol. The van der Waals surface area contributed by atoms with E-state index in [0.29, 0.717) is 34.0 Å². The van der Waals surface area contributed by atoms with Crippen molar-refractivity contribution < 1.29 is 9.18 Å². The number of pyridine rings is 2. The number of anilines is 1. The lowest BCUT2D eigenvalue weighted by Gasteiger charge is -2.09. The van der Waals surface area contributed by atoms with Crippen LogP contribution >= 0.6 is 0 Å². The fourth-order valence-electron chi connectivity index (χ4n) is 3.65. The van der Waals surface area contributed by atoms with E-state index in [1.807, 2.05) is 19.1 Å². The number of fused-ring (bicyclic) bond motifs is 1. The van der Waals surface area contributed by atoms with Gasteiger partial charge >= 0.3 is 0 Å². The van der Waals surface area contributed by atoms with Crippen LogP contribution in [0.25, 0.3) is 28.2 Å². The first-order valence-electron chi connectivity index (χ1n) is 10.3. The fourth-order valence-corrected chi connectivity index (χ4v) is 3.65. The quantitative estimate of drug-likeness (QED) is 0.433. The summed E-state index contributed by atoms with van der Waals surface area (Å²) in [6.07, 6.45) is 6.48. The van der Waals surface area contributed by atoms with Gasteiger partial charge in [-0.25, -0.2) is 18.9 Å². The number of hydrogen-bond acceptors (Lipinski definition) is 5. The minimum absolute atomic E-state index is 0.276. The summed E-state index contributed by atoms with van der Waals surface area (Å²) in [5.74, 6) is -0.200. The van der Waals surface area contributed by atoms with Gasteiger partial charge in [0.15, 0.2) is 5.65 Å². The SMILES string of the molecule is Cc1cncc(C(=O)Nc2cc(-c3c(-c4ccc(F)c(C)c4)nc4cccnn34)ccn2)c1. The van der Waals surface area contributed by atoms with Gasteiger partial charge in [0.2, 0.25) is 0 Å². The maximum atomic E-state index is 13.9. The lowest BCUT2D eigenvalue weighted by Crippen LogP contribution is -2.13. The number of nitrogens with one attached hydrogen (secondary N) is 1. The second-order valence-corrected chi connectivity index (χ2v) is 7.70. The fraction of sp³-hybridized carbons (Fsp3) is 0.0800. The first-order chi connectivity index (χ1) is 16.0. The third-order valence-corrected chi connectivity index (χ3v) is 5.24. The van der Waals surface area contributed by atoms with E-state index in [1.165, 1.54) is 12.3 Å². The molecule has 5 aromatic rings. The van der Waals surface area contributed by atoms with E-state index < -0.39 is 0 Å². The Balaban J connectivity index is 1.59. The van der Waals surface area contributed by atoms with Gasteiger partial charge in [-0.15, -0.1) is 0 Å². The zero-order valence-corrected chi connectivity index (χ0v) is 18.0. The number of aryl methyl sites for hydroxylation is 2. The molecule has 1 aromatic carbocycles. The smallest absolute Gasteiger partial charge is 0.258 e. The van der Waals surface area contributed by atoms with Gasteiger partial charge in [-0.3, -0.25) is 9.78 Å². The highest BCUT2D eigenvalue weighted by molar-refractivity contribution is 6.04. The molecule has 0 aliphatic heterocycles. The van der Waals surface area contributed by atoms with Crippen LogP contribution in [0.4, 0.5) is 10.2 Å². The summed E-state index contributed by atoms with van der Waals surface area (Å²) in [5.41, 5.74) is 5.40. The lowest BCUT2D eigenvalue weighted by molar-refractivity contribution is 0.102. The molecule has 0 saturated heterocycles. The number of aromatic nitrogens is 5. The summed E-state index contributed by atoms with van der Waals surface area (Å²) in [6.45, 7) is 3.59. The molecule has 4 heterocycles. The van der Waals surface area contributed by atoms with Crippen molar-refractivity contribution in [2.45, 2.75) is 13.8 Å². The Labute approximate surface area is 189 Å². The van der Waals surface area contributed by atoms with E-state index in [4.69, 9.17) is 4.98 Å². The molecule has 162 valence electrons. The molecule has 0 bridgehead atoms. The van der Waals surface area contributed by atoms with Crippen molar-refractivity contribution in [3.8, 4) is 22.5 Å². The van der Waals surface area contributed by atoms with E-state index in [9.17, 15) is 9.18 Å². The standard InChI is InChI=1S/C25H19FN6O/c1-15-10-19(14-27-13-15)25(33)30-21-12-18(7-9-28-21)24-23(17-5-6-20(26)16(2)11-17)31-22-4-3-8-29-32(22)24/h3-14H,1-2H3,(H,28,30,33). The van der Waals surface area contributed by atoms with Gasteiger partial charge in [-0.1, -0.05) is 0 Å². The molecule has 5 rings (SSSR count). The zero-order valence-electron chi connectivity index (χ0n) is 18.0. The Bertz CT molecular complexity index is 1510. The highest BCUT2D eigenvalue weighted by Gasteiger charge is 2.18. The third-order valence-electron chi connectivity index (χ3n) is 5.24. The average molecular weight is 438 g/mol. The summed E-state index contributed by atoms with van der Waals surface area (Å²) in [4.78, 5) is 25.8. The summed E-state index contributed by atoms with van der Waals surface area (Å²) >= 11 is 0. The second-order valence-electron chi connectivity index (χ2n) is 7.70. The van der Waals surface area contributed by atoms with Gasteiger partial charge in [-0.05, 0) is 73.5 Å². The van der Waals surface area contributed by atoms with Crippen LogP contribution in [-0.2, 0) is 0 Å². The van der Waals surface area contributed by atoms with Crippen molar-refractivity contribution in [1.82, 2.24) is 24.6 Å². The van der Waals surface area contributed by atoms with Gasteiger partial charge < -0.3 is 5.32 Å².